The third-order valence-electron chi connectivity index (χ3n) is 10.2. The summed E-state index contributed by atoms with van der Waals surface area (Å²) in [6.45, 7) is 0. The first-order valence-electron chi connectivity index (χ1n) is 17.6. The fraction of sp³-hybridized carbons (Fsp3) is 0.136. The summed E-state index contributed by atoms with van der Waals surface area (Å²) in [5, 5.41) is 5.97. The van der Waals surface area contributed by atoms with Gasteiger partial charge in [0.05, 0.1) is 34.9 Å². The summed E-state index contributed by atoms with van der Waals surface area (Å²) in [5.74, 6) is 0. The predicted molar refractivity (Wildman–Crippen MR) is 202 cm³/mol. The van der Waals surface area contributed by atoms with Crippen LogP contribution in [0.2, 0.25) is 0 Å². The third-order valence-corrected chi connectivity index (χ3v) is 10.2. The summed E-state index contributed by atoms with van der Waals surface area (Å²) in [7, 11) is 8.17. The highest BCUT2D eigenvalue weighted by Gasteiger charge is 2.31. The van der Waals surface area contributed by atoms with Crippen molar-refractivity contribution in [2.75, 3.05) is 0 Å². The maximum absolute atomic E-state index is 5.42. The van der Waals surface area contributed by atoms with Gasteiger partial charge in [-0.3, -0.25) is 5.32 Å². The number of halogens is 1. The zero-order valence-electron chi connectivity index (χ0n) is 30.1. The van der Waals surface area contributed by atoms with E-state index in [0.29, 0.717) is 0 Å². The van der Waals surface area contributed by atoms with Crippen molar-refractivity contribution in [3.05, 3.63) is 191 Å². The van der Waals surface area contributed by atoms with Crippen molar-refractivity contribution >= 4 is 33.7 Å². The Bertz CT molecular complexity index is 2420. The van der Waals surface area contributed by atoms with Crippen molar-refractivity contribution in [3.63, 3.8) is 0 Å². The van der Waals surface area contributed by atoms with Crippen LogP contribution < -0.4 is 46.7 Å². The molecule has 8 nitrogen and oxygen atoms in total. The van der Waals surface area contributed by atoms with Gasteiger partial charge in [0.25, 0.3) is 0 Å². The lowest BCUT2D eigenvalue weighted by Crippen LogP contribution is -3.00. The van der Waals surface area contributed by atoms with Gasteiger partial charge in [0, 0.05) is 81.5 Å². The van der Waals surface area contributed by atoms with Gasteiger partial charge in [0.2, 0.25) is 0 Å². The standard InChI is InChI=1S/C44H39N8.ClH/c1-49-21-13-29(14-22-49)41-33-5-7-35(45-33)42(30-15-23-50(2)24-16-30)37-9-11-39(47-37)44(32-19-27-52(4)28-20-32)40-12-10-38(48-40)43(36-8-6-34(41)46-36)31-17-25-51(3)26-18-31;/h5-28,33,35,45H,1-4H3;1H/q+3;. The molecule has 2 unspecified atom stereocenters. The van der Waals surface area contributed by atoms with Gasteiger partial charge in [-0.05, 0) is 58.7 Å². The molecule has 4 aliphatic heterocycles. The van der Waals surface area contributed by atoms with Crippen LogP contribution in [0.5, 0.6) is 0 Å². The zero-order chi connectivity index (χ0) is 35.3. The zero-order valence-corrected chi connectivity index (χ0v) is 30.8. The maximum atomic E-state index is 5.42. The first kappa shape index (κ1) is 34.0. The van der Waals surface area contributed by atoms with E-state index < -0.39 is 0 Å². The van der Waals surface area contributed by atoms with E-state index in [9.17, 15) is 0 Å². The second-order valence-electron chi connectivity index (χ2n) is 13.8. The molecule has 0 saturated heterocycles. The average Bonchev–Trinajstić information content (AvgIpc) is 3.99. The summed E-state index contributed by atoms with van der Waals surface area (Å²) >= 11 is 0. The van der Waals surface area contributed by atoms with E-state index in [1.54, 1.807) is 0 Å². The van der Waals surface area contributed by atoms with E-state index in [1.807, 2.05) is 28.2 Å². The number of H-pyrrole nitrogens is 1. The van der Waals surface area contributed by atoms with E-state index in [4.69, 9.17) is 9.98 Å². The normalized spacial score (nSPS) is 23.6. The van der Waals surface area contributed by atoms with Gasteiger partial charge in [-0.1, -0.05) is 12.2 Å². The van der Waals surface area contributed by atoms with Crippen molar-refractivity contribution < 1.29 is 30.7 Å². The van der Waals surface area contributed by atoms with Crippen LogP contribution in [0.3, 0.4) is 0 Å². The molecule has 2 N–H and O–H groups in total. The lowest BCUT2D eigenvalue weighted by molar-refractivity contribution is -0.671. The Labute approximate surface area is 315 Å². The van der Waals surface area contributed by atoms with Crippen molar-refractivity contribution in [2.45, 2.75) is 12.1 Å². The number of rotatable bonds is 4. The fourth-order valence-electron chi connectivity index (χ4n) is 7.43. The molecule has 0 radical (unpaired) electrons. The summed E-state index contributed by atoms with van der Waals surface area (Å²) in [6, 6.07) is 21.5. The first-order valence-corrected chi connectivity index (χ1v) is 17.6. The van der Waals surface area contributed by atoms with Crippen LogP contribution in [-0.2, 0) is 28.2 Å². The van der Waals surface area contributed by atoms with Gasteiger partial charge < -0.3 is 17.4 Å². The second-order valence-corrected chi connectivity index (χ2v) is 13.8. The Morgan fingerprint density at radius 1 is 0.453 bits per heavy atom. The molecule has 53 heavy (non-hydrogen) atoms. The molecule has 5 aromatic rings. The molecular formula is C44H40ClN8+3. The predicted octanol–water partition coefficient (Wildman–Crippen LogP) is -0.531. The minimum atomic E-state index is -0.0823. The Morgan fingerprint density at radius 2 is 0.792 bits per heavy atom. The van der Waals surface area contributed by atoms with E-state index >= 15 is 0 Å². The highest BCUT2D eigenvalue weighted by molar-refractivity contribution is 6.31. The van der Waals surface area contributed by atoms with Crippen molar-refractivity contribution in [3.8, 4) is 0 Å². The molecule has 260 valence electrons. The van der Waals surface area contributed by atoms with Crippen molar-refractivity contribution in [2.24, 2.45) is 38.2 Å². The summed E-state index contributed by atoms with van der Waals surface area (Å²) < 4.78 is 8.24. The molecule has 9 heterocycles. The number of allylic oxidation sites excluding steroid dienone is 4. The molecule has 9 heteroatoms. The number of aromatic nitrogens is 5. The van der Waals surface area contributed by atoms with E-state index in [0.717, 1.165) is 78.1 Å². The largest absolute Gasteiger partial charge is 1.00 e. The lowest BCUT2D eigenvalue weighted by Gasteiger charge is -2.22. The smallest absolute Gasteiger partial charge is 0.169 e. The Morgan fingerprint density at radius 3 is 1.15 bits per heavy atom. The highest BCUT2D eigenvalue weighted by atomic mass is 35.5. The van der Waals surface area contributed by atoms with Crippen LogP contribution in [0.1, 0.15) is 22.3 Å². The molecule has 0 aromatic carbocycles. The van der Waals surface area contributed by atoms with Gasteiger partial charge in [-0.15, -0.1) is 0 Å². The van der Waals surface area contributed by atoms with Crippen LogP contribution in [-0.4, -0.2) is 28.5 Å². The minimum absolute atomic E-state index is 0. The van der Waals surface area contributed by atoms with Crippen LogP contribution in [0.15, 0.2) is 168 Å². The molecular weight excluding hydrogens is 676 g/mol. The van der Waals surface area contributed by atoms with Crippen LogP contribution in [0.4, 0.5) is 0 Å². The highest BCUT2D eigenvalue weighted by Crippen LogP contribution is 2.35. The number of aryl methyl sites for hydroxylation is 4. The average molecular weight is 716 g/mol. The number of hydrogen-bond acceptors (Lipinski definition) is 3. The first-order chi connectivity index (χ1) is 25.4. The molecule has 0 saturated carbocycles. The summed E-state index contributed by atoms with van der Waals surface area (Å²) in [4.78, 5) is 14.7. The van der Waals surface area contributed by atoms with E-state index in [-0.39, 0.29) is 24.5 Å². The Kier molecular flexibility index (Phi) is 8.86. The SMILES string of the molecule is C[n+]1ccc(/C2=C3\C=CC(=N3)/C(c3cc[n+](C)cc3)=c3/cc/c([nH]3)=C(\c3cc[n+](C)cc3)C3=N/C(=C(/c4cc[n+](C)cc4)C4C=CC2N4)C=C3)cc1.[Cl-]. The third kappa shape index (κ3) is 6.37. The molecule has 2 atom stereocenters. The monoisotopic (exact) mass is 715 g/mol. The summed E-state index contributed by atoms with van der Waals surface area (Å²) in [5.41, 5.74) is 12.5. The van der Waals surface area contributed by atoms with Gasteiger partial charge in [-0.2, -0.15) is 0 Å². The molecule has 0 fully saturated rings. The van der Waals surface area contributed by atoms with Crippen LogP contribution in [0, 0.1) is 0 Å². The van der Waals surface area contributed by atoms with Gasteiger partial charge in [0.1, 0.15) is 28.2 Å². The Balaban J connectivity index is 0.00000400. The lowest BCUT2D eigenvalue weighted by atomic mass is 9.96. The van der Waals surface area contributed by atoms with Crippen LogP contribution in [0.25, 0.3) is 22.3 Å². The molecule has 0 spiro atoms. The van der Waals surface area contributed by atoms with Crippen LogP contribution >= 0.6 is 0 Å². The number of fused-ring (bicyclic) bond motifs is 6. The number of pyridine rings is 4. The second kappa shape index (κ2) is 13.8. The topological polar surface area (TPSA) is 68.1 Å². The number of hydrogen-bond donors (Lipinski definition) is 2. The molecule has 8 bridgehead atoms. The Hall–Kier alpha value is -6.09. The van der Waals surface area contributed by atoms with Gasteiger partial charge in [0.15, 0.2) is 49.6 Å². The van der Waals surface area contributed by atoms with Gasteiger partial charge >= 0.3 is 0 Å². The van der Waals surface area contributed by atoms with E-state index in [2.05, 4.69) is 175 Å². The molecule has 5 aromatic heterocycles. The van der Waals surface area contributed by atoms with E-state index in [1.165, 1.54) is 0 Å². The summed E-state index contributed by atoms with van der Waals surface area (Å²) in [6.07, 6.45) is 29.9. The number of nitrogens with zero attached hydrogens (tertiary/aromatic N) is 6. The minimum Gasteiger partial charge on any atom is -1.00 e. The van der Waals surface area contributed by atoms with Crippen molar-refractivity contribution in [1.29, 1.82) is 0 Å². The molecule has 0 amide bonds. The fourth-order valence-corrected chi connectivity index (χ4v) is 7.43. The number of nitrogens with one attached hydrogen (secondary N) is 2. The molecule has 0 aliphatic carbocycles. The number of aliphatic imine (C=N–C) groups is 2. The molecule has 4 aliphatic rings. The van der Waals surface area contributed by atoms with Crippen molar-refractivity contribution in [1.82, 2.24) is 10.3 Å². The molecule has 9 rings (SSSR count). The maximum Gasteiger partial charge on any atom is 0.169 e. The quantitative estimate of drug-likeness (QED) is 0.191. The van der Waals surface area contributed by atoms with Gasteiger partial charge in [-0.25, -0.2) is 28.3 Å². The number of aromatic amines is 1.